The Bertz CT molecular complexity index is 1800. The lowest BCUT2D eigenvalue weighted by Gasteiger charge is -2.08. The van der Waals surface area contributed by atoms with Gasteiger partial charge in [0, 0.05) is 44.9 Å². The van der Waals surface area contributed by atoms with Gasteiger partial charge in [-0.2, -0.15) is 0 Å². The molecule has 0 atom stereocenters. The van der Waals surface area contributed by atoms with Crippen molar-refractivity contribution in [1.82, 2.24) is 0 Å². The van der Waals surface area contributed by atoms with E-state index in [1.807, 2.05) is 69.2 Å². The van der Waals surface area contributed by atoms with Crippen LogP contribution in [0.5, 0.6) is 0 Å². The van der Waals surface area contributed by atoms with Crippen LogP contribution in [0.3, 0.4) is 0 Å². The van der Waals surface area contributed by atoms with E-state index in [9.17, 15) is 33.6 Å². The van der Waals surface area contributed by atoms with Gasteiger partial charge in [0.1, 0.15) is 0 Å². The van der Waals surface area contributed by atoms with Crippen LogP contribution in [0.1, 0.15) is 534 Å². The maximum absolute atomic E-state index is 11.9. The summed E-state index contributed by atoms with van der Waals surface area (Å²) in [6, 6.07) is 0. The third-order valence-corrected chi connectivity index (χ3v) is 19.3. The molecule has 0 aliphatic rings. The third kappa shape index (κ3) is 115. The highest BCUT2D eigenvalue weighted by molar-refractivity contribution is 5.71. The number of rotatable bonds is 77. The molecule has 0 fully saturated rings. The van der Waals surface area contributed by atoms with Crippen molar-refractivity contribution in [1.29, 1.82) is 0 Å². The van der Waals surface area contributed by atoms with Gasteiger partial charge in [-0.15, -0.1) is 0 Å². The first-order valence-corrected chi connectivity index (χ1v) is 47.5. The molecule has 0 aliphatic carbocycles. The highest BCUT2D eigenvalue weighted by Gasteiger charge is 2.11. The third-order valence-electron chi connectivity index (χ3n) is 19.3. The molecule has 0 bridgehead atoms. The number of esters is 7. The van der Waals surface area contributed by atoms with Crippen LogP contribution in [0.2, 0.25) is 0 Å². The van der Waals surface area contributed by atoms with Crippen molar-refractivity contribution in [2.45, 2.75) is 558 Å². The molecule has 0 saturated heterocycles. The SMILES string of the molecule is CC(C)OC(=O)CCCCC(=O)OC(C)C.CCCCCCCCCCCCCC(=O)OC(C)C.CCCCCCCCCCCCCCCC(=O)OC(C)C.CCCCCCCCCCCCCCCCCC(=O)OCCCCCCCCCCCCCCCC.CCOC(=O)CCCCCCCCC(=O)OCC. The Morgan fingerprint density at radius 3 is 0.445 bits per heavy atom. The molecule has 656 valence electrons. The second-order valence-corrected chi connectivity index (χ2v) is 32.4. The van der Waals surface area contributed by atoms with Gasteiger partial charge in [-0.1, -0.05) is 368 Å². The van der Waals surface area contributed by atoms with E-state index in [2.05, 4.69) is 27.7 Å². The minimum Gasteiger partial charge on any atom is -0.466 e. The minimum absolute atomic E-state index is 0.0272. The lowest BCUT2D eigenvalue weighted by Crippen LogP contribution is -2.12. The molecule has 14 heteroatoms. The largest absolute Gasteiger partial charge is 0.466 e. The minimum atomic E-state index is -0.202. The molecule has 110 heavy (non-hydrogen) atoms. The van der Waals surface area contributed by atoms with Crippen LogP contribution in [0.25, 0.3) is 0 Å². The summed E-state index contributed by atoms with van der Waals surface area (Å²) in [7, 11) is 0. The van der Waals surface area contributed by atoms with E-state index in [0.717, 1.165) is 64.2 Å². The summed E-state index contributed by atoms with van der Waals surface area (Å²) >= 11 is 0. The zero-order valence-corrected chi connectivity index (χ0v) is 75.7. The molecule has 0 amide bonds. The van der Waals surface area contributed by atoms with Gasteiger partial charge in [-0.3, -0.25) is 33.6 Å². The van der Waals surface area contributed by atoms with Crippen LogP contribution in [-0.4, -0.2) is 86.0 Å². The molecule has 0 spiro atoms. The van der Waals surface area contributed by atoms with Gasteiger partial charge in [0.05, 0.1) is 44.2 Å². The van der Waals surface area contributed by atoms with Crippen molar-refractivity contribution in [3.63, 3.8) is 0 Å². The molecular weight excluding hydrogens is 1380 g/mol. The summed E-state index contributed by atoms with van der Waals surface area (Å²) in [6.45, 7) is 29.2. The Balaban J connectivity index is -0.000000434. The quantitative estimate of drug-likeness (QED) is 0.0318. The zero-order valence-electron chi connectivity index (χ0n) is 75.7. The molecule has 0 saturated carbocycles. The molecule has 0 aliphatic heterocycles. The van der Waals surface area contributed by atoms with Gasteiger partial charge in [-0.25, -0.2) is 0 Å². The highest BCUT2D eigenvalue weighted by Crippen LogP contribution is 2.19. The predicted molar refractivity (Wildman–Crippen MR) is 466 cm³/mol. The van der Waals surface area contributed by atoms with Crippen LogP contribution in [0.4, 0.5) is 0 Å². The fraction of sp³-hybridized carbons (Fsp3) is 0.927. The van der Waals surface area contributed by atoms with Crippen LogP contribution < -0.4 is 0 Å². The van der Waals surface area contributed by atoms with Crippen molar-refractivity contribution < 1.29 is 66.7 Å². The number of hydrogen-bond donors (Lipinski definition) is 0. The topological polar surface area (TPSA) is 184 Å². The molecule has 0 radical (unpaired) electrons. The second-order valence-electron chi connectivity index (χ2n) is 32.4. The summed E-state index contributed by atoms with van der Waals surface area (Å²) in [6.07, 6.45) is 82.3. The van der Waals surface area contributed by atoms with Crippen LogP contribution in [0, 0.1) is 0 Å². The van der Waals surface area contributed by atoms with Gasteiger partial charge >= 0.3 is 41.8 Å². The molecule has 0 rings (SSSR count). The van der Waals surface area contributed by atoms with E-state index in [1.165, 1.54) is 315 Å². The van der Waals surface area contributed by atoms with E-state index in [-0.39, 0.29) is 66.2 Å². The standard InChI is InChI=1S/C34H68O2.C19H38O2.C17H34O2.C14H26O4.C12H22O4/c1-3-5-7-9-11-13-15-17-19-20-22-24-26-28-30-32-34(35)36-33-31-29-27-25-23-21-18-16-14-12-10-8-6-4-2;1-4-5-6-7-8-9-10-11-12-13-14-15-16-17-19(20)21-18(2)3;1-4-5-6-7-8-9-10-11-12-13-14-15-17(18)19-16(2)3;1-3-17-13(15)11-9-7-5-6-8-10-12-14(16)18-4-2;1-9(2)15-11(13)7-5-6-8-12(14)16-10(3)4/h3-33H2,1-2H3;18H,4-17H2,1-3H3;16H,4-15H2,1-3H3;3-12H2,1-2H3;9-10H,5-8H2,1-4H3. The van der Waals surface area contributed by atoms with E-state index < -0.39 is 0 Å². The van der Waals surface area contributed by atoms with Crippen LogP contribution in [0.15, 0.2) is 0 Å². The molecule has 0 unspecified atom stereocenters. The zero-order chi connectivity index (χ0) is 82.5. The van der Waals surface area contributed by atoms with Crippen molar-refractivity contribution in [2.75, 3.05) is 19.8 Å². The summed E-state index contributed by atoms with van der Waals surface area (Å²) in [5.41, 5.74) is 0. The van der Waals surface area contributed by atoms with Gasteiger partial charge < -0.3 is 33.2 Å². The maximum Gasteiger partial charge on any atom is 0.306 e. The Morgan fingerprint density at radius 1 is 0.164 bits per heavy atom. The molecule has 14 nitrogen and oxygen atoms in total. The molecule has 0 aromatic carbocycles. The second kappa shape index (κ2) is 99.5. The predicted octanol–water partition coefficient (Wildman–Crippen LogP) is 30.0. The van der Waals surface area contributed by atoms with Crippen LogP contribution in [-0.2, 0) is 66.7 Å². The van der Waals surface area contributed by atoms with Gasteiger partial charge in [0.25, 0.3) is 0 Å². The first-order valence-electron chi connectivity index (χ1n) is 47.5. The fourth-order valence-corrected chi connectivity index (χ4v) is 13.0. The normalized spacial score (nSPS) is 10.9. The molecule has 0 aromatic rings. The van der Waals surface area contributed by atoms with E-state index >= 15 is 0 Å². The van der Waals surface area contributed by atoms with Crippen molar-refractivity contribution in [3.8, 4) is 0 Å². The lowest BCUT2D eigenvalue weighted by molar-refractivity contribution is -0.149. The summed E-state index contributed by atoms with van der Waals surface area (Å²) in [5.74, 6) is -0.641. The summed E-state index contributed by atoms with van der Waals surface area (Å²) in [4.78, 5) is 78.9. The van der Waals surface area contributed by atoms with Gasteiger partial charge in [0.2, 0.25) is 0 Å². The van der Waals surface area contributed by atoms with Crippen molar-refractivity contribution in [2.24, 2.45) is 0 Å². The fourth-order valence-electron chi connectivity index (χ4n) is 13.0. The maximum atomic E-state index is 11.9. The first kappa shape index (κ1) is 115. The van der Waals surface area contributed by atoms with Gasteiger partial charge in [0.15, 0.2) is 0 Å². The highest BCUT2D eigenvalue weighted by atomic mass is 16.6. The Morgan fingerprint density at radius 2 is 0.291 bits per heavy atom. The Labute approximate surface area is 682 Å². The monoisotopic (exact) mass is 1570 g/mol. The van der Waals surface area contributed by atoms with Crippen molar-refractivity contribution in [3.05, 3.63) is 0 Å². The first-order chi connectivity index (χ1) is 53.3. The van der Waals surface area contributed by atoms with Crippen LogP contribution >= 0.6 is 0 Å². The summed E-state index contributed by atoms with van der Waals surface area (Å²) < 4.78 is 35.3. The van der Waals surface area contributed by atoms with E-state index in [1.54, 1.807) is 0 Å². The molecular formula is C96H188O14. The summed E-state index contributed by atoms with van der Waals surface area (Å²) in [5, 5.41) is 0. The molecule has 0 N–H and O–H groups in total. The smallest absolute Gasteiger partial charge is 0.306 e. The van der Waals surface area contributed by atoms with Crippen molar-refractivity contribution >= 4 is 41.8 Å². The molecule has 0 aromatic heterocycles. The molecule has 0 heterocycles. The number of unbranched alkanes of at least 4 members (excludes halogenated alkanes) is 55. The number of carbonyl (C=O) groups is 7. The Hall–Kier alpha value is -3.71. The van der Waals surface area contributed by atoms with Gasteiger partial charge in [-0.05, 0) is 121 Å². The van der Waals surface area contributed by atoms with E-state index in [4.69, 9.17) is 33.2 Å². The number of carbonyl (C=O) groups excluding carboxylic acids is 7. The number of ether oxygens (including phenoxy) is 7. The lowest BCUT2D eigenvalue weighted by atomic mass is 10.0. The van der Waals surface area contributed by atoms with E-state index in [0.29, 0.717) is 77.6 Å². The average Bonchev–Trinajstić information content (AvgIpc) is 1.11. The Kier molecular flexibility index (Phi) is 104. The number of hydrogen-bond acceptors (Lipinski definition) is 14. The average molecular weight is 1570 g/mol.